The normalized spacial score (nSPS) is 17.5. The fourth-order valence-electron chi connectivity index (χ4n) is 2.91. The topological polar surface area (TPSA) is 37.6 Å². The molecule has 4 nitrogen and oxygen atoms in total. The molecule has 3 heterocycles. The number of carbonyl (C=O) groups excluding carboxylic acids is 1. The maximum atomic E-state index is 11.3. The second kappa shape index (κ2) is 4.96. The highest BCUT2D eigenvalue weighted by Crippen LogP contribution is 2.30. The van der Waals surface area contributed by atoms with Crippen molar-refractivity contribution in [2.75, 3.05) is 18.0 Å². The van der Waals surface area contributed by atoms with Crippen LogP contribution in [0.4, 0.5) is 5.82 Å². The summed E-state index contributed by atoms with van der Waals surface area (Å²) in [5, 5.41) is 1.96. The lowest BCUT2D eigenvalue weighted by Gasteiger charge is -2.34. The molecule has 1 aliphatic rings. The molecular formula is C14H19N3OS. The fraction of sp³-hybridized carbons (Fsp3) is 0.571. The van der Waals surface area contributed by atoms with Crippen molar-refractivity contribution < 1.29 is 4.79 Å². The Morgan fingerprint density at radius 1 is 1.42 bits per heavy atom. The minimum Gasteiger partial charge on any atom is -0.355 e. The van der Waals surface area contributed by atoms with Gasteiger partial charge in [0.2, 0.25) is 0 Å². The summed E-state index contributed by atoms with van der Waals surface area (Å²) in [5.41, 5.74) is 0.694. The molecule has 0 N–H and O–H groups in total. The third kappa shape index (κ3) is 2.16. The molecule has 3 rings (SSSR count). The van der Waals surface area contributed by atoms with Crippen molar-refractivity contribution in [3.8, 4) is 0 Å². The van der Waals surface area contributed by atoms with E-state index >= 15 is 0 Å². The van der Waals surface area contributed by atoms with Gasteiger partial charge in [-0.3, -0.25) is 9.20 Å². The predicted octanol–water partition coefficient (Wildman–Crippen LogP) is 3.08. The van der Waals surface area contributed by atoms with Gasteiger partial charge in [-0.2, -0.15) is 0 Å². The highest BCUT2D eigenvalue weighted by atomic mass is 32.1. The molecule has 0 unspecified atom stereocenters. The summed E-state index contributed by atoms with van der Waals surface area (Å²) in [6.45, 7) is 6.61. The third-order valence-corrected chi connectivity index (χ3v) is 4.93. The van der Waals surface area contributed by atoms with Crippen LogP contribution < -0.4 is 4.90 Å². The molecule has 1 saturated heterocycles. The van der Waals surface area contributed by atoms with Crippen LogP contribution in [0.2, 0.25) is 0 Å². The molecule has 19 heavy (non-hydrogen) atoms. The van der Waals surface area contributed by atoms with Crippen molar-refractivity contribution in [1.29, 1.82) is 0 Å². The minimum atomic E-state index is 0.694. The van der Waals surface area contributed by atoms with Gasteiger partial charge in [0.05, 0.1) is 0 Å². The van der Waals surface area contributed by atoms with Gasteiger partial charge in [0, 0.05) is 24.7 Å². The van der Waals surface area contributed by atoms with Crippen LogP contribution in [0.3, 0.4) is 0 Å². The van der Waals surface area contributed by atoms with Gasteiger partial charge in [0.15, 0.2) is 17.1 Å². The number of fused-ring (bicyclic) bond motifs is 1. The Balaban J connectivity index is 1.85. The molecular weight excluding hydrogens is 258 g/mol. The Kier molecular flexibility index (Phi) is 3.31. The number of hydrogen-bond donors (Lipinski definition) is 0. The van der Waals surface area contributed by atoms with Crippen LogP contribution in [0.1, 0.15) is 37.2 Å². The zero-order chi connectivity index (χ0) is 13.4. The highest BCUT2D eigenvalue weighted by Gasteiger charge is 2.25. The number of anilines is 1. The number of carbonyl (C=O) groups is 1. The minimum absolute atomic E-state index is 0.694. The van der Waals surface area contributed by atoms with Crippen LogP contribution in [0, 0.1) is 11.8 Å². The third-order valence-electron chi connectivity index (χ3n) is 4.17. The maximum absolute atomic E-state index is 11.3. The van der Waals surface area contributed by atoms with Gasteiger partial charge in [-0.25, -0.2) is 4.98 Å². The summed E-state index contributed by atoms with van der Waals surface area (Å²) >= 11 is 1.57. The average Bonchev–Trinajstić information content (AvgIpc) is 2.98. The molecule has 0 radical (unpaired) electrons. The molecule has 0 spiro atoms. The van der Waals surface area contributed by atoms with Gasteiger partial charge >= 0.3 is 0 Å². The van der Waals surface area contributed by atoms with E-state index in [1.165, 1.54) is 12.8 Å². The number of piperidine rings is 1. The molecule has 2 aromatic rings. The lowest BCUT2D eigenvalue weighted by Crippen LogP contribution is -2.36. The van der Waals surface area contributed by atoms with Gasteiger partial charge in [-0.05, 0) is 24.7 Å². The number of imidazole rings is 1. The standard InChI is InChI=1S/C14H19N3OS/c1-10(2)11-3-5-16(6-4-11)13-12(9-18)17-7-8-19-14(17)15-13/h7-11H,3-6H2,1-2H3. The Morgan fingerprint density at radius 3 is 2.79 bits per heavy atom. The first kappa shape index (κ1) is 12.7. The quantitative estimate of drug-likeness (QED) is 0.809. The van der Waals surface area contributed by atoms with Crippen molar-refractivity contribution in [2.45, 2.75) is 26.7 Å². The van der Waals surface area contributed by atoms with Gasteiger partial charge in [0.1, 0.15) is 5.69 Å². The van der Waals surface area contributed by atoms with Gasteiger partial charge in [-0.15, -0.1) is 11.3 Å². The Hall–Kier alpha value is -1.36. The molecule has 0 aliphatic carbocycles. The van der Waals surface area contributed by atoms with Crippen LogP contribution in [0.5, 0.6) is 0 Å². The molecule has 0 saturated carbocycles. The predicted molar refractivity (Wildman–Crippen MR) is 78.2 cm³/mol. The van der Waals surface area contributed by atoms with Gasteiger partial charge in [-0.1, -0.05) is 13.8 Å². The zero-order valence-electron chi connectivity index (χ0n) is 11.4. The molecule has 0 bridgehead atoms. The fourth-order valence-corrected chi connectivity index (χ4v) is 3.63. The van der Waals surface area contributed by atoms with E-state index in [-0.39, 0.29) is 0 Å². The summed E-state index contributed by atoms with van der Waals surface area (Å²) in [6.07, 6.45) is 5.24. The average molecular weight is 277 g/mol. The number of aldehydes is 1. The first-order valence-corrected chi connectivity index (χ1v) is 7.74. The van der Waals surface area contributed by atoms with E-state index in [0.29, 0.717) is 5.69 Å². The summed E-state index contributed by atoms with van der Waals surface area (Å²) in [4.78, 5) is 19.1. The molecule has 0 amide bonds. The molecule has 0 atom stereocenters. The SMILES string of the molecule is CC(C)C1CCN(c2nc3sccn3c2C=O)CC1. The second-order valence-corrected chi connectivity index (χ2v) is 6.44. The van der Waals surface area contributed by atoms with Crippen molar-refractivity contribution in [3.05, 3.63) is 17.3 Å². The highest BCUT2D eigenvalue weighted by molar-refractivity contribution is 7.15. The lowest BCUT2D eigenvalue weighted by atomic mass is 9.87. The van der Waals surface area contributed by atoms with Crippen LogP contribution in [-0.4, -0.2) is 28.8 Å². The molecule has 102 valence electrons. The summed E-state index contributed by atoms with van der Waals surface area (Å²) in [5.74, 6) is 2.42. The van der Waals surface area contributed by atoms with Crippen LogP contribution >= 0.6 is 11.3 Å². The van der Waals surface area contributed by atoms with E-state index in [4.69, 9.17) is 0 Å². The number of rotatable bonds is 3. The summed E-state index contributed by atoms with van der Waals surface area (Å²) < 4.78 is 1.89. The van der Waals surface area contributed by atoms with Crippen LogP contribution in [0.25, 0.3) is 4.96 Å². The molecule has 0 aromatic carbocycles. The largest absolute Gasteiger partial charge is 0.355 e. The second-order valence-electron chi connectivity index (χ2n) is 5.56. The van der Waals surface area contributed by atoms with Crippen LogP contribution in [-0.2, 0) is 0 Å². The van der Waals surface area contributed by atoms with Gasteiger partial charge in [0.25, 0.3) is 0 Å². The van der Waals surface area contributed by atoms with E-state index in [0.717, 1.165) is 42.0 Å². The van der Waals surface area contributed by atoms with Crippen molar-refractivity contribution in [1.82, 2.24) is 9.38 Å². The Labute approximate surface area is 117 Å². The molecule has 5 heteroatoms. The van der Waals surface area contributed by atoms with Gasteiger partial charge < -0.3 is 4.90 Å². The molecule has 1 aliphatic heterocycles. The summed E-state index contributed by atoms with van der Waals surface area (Å²) in [7, 11) is 0. The van der Waals surface area contributed by atoms with E-state index in [2.05, 4.69) is 23.7 Å². The summed E-state index contributed by atoms with van der Waals surface area (Å²) in [6, 6.07) is 0. The Bertz CT molecular complexity index is 579. The lowest BCUT2D eigenvalue weighted by molar-refractivity contribution is 0.111. The van der Waals surface area contributed by atoms with E-state index in [1.807, 2.05) is 16.0 Å². The first-order valence-electron chi connectivity index (χ1n) is 6.86. The van der Waals surface area contributed by atoms with Crippen molar-refractivity contribution in [3.63, 3.8) is 0 Å². The maximum Gasteiger partial charge on any atom is 0.196 e. The Morgan fingerprint density at radius 2 is 2.16 bits per heavy atom. The number of aromatic nitrogens is 2. The van der Waals surface area contributed by atoms with E-state index in [9.17, 15) is 4.79 Å². The van der Waals surface area contributed by atoms with Crippen molar-refractivity contribution >= 4 is 28.4 Å². The number of nitrogens with zero attached hydrogens (tertiary/aromatic N) is 3. The smallest absolute Gasteiger partial charge is 0.196 e. The van der Waals surface area contributed by atoms with Crippen LogP contribution in [0.15, 0.2) is 11.6 Å². The van der Waals surface area contributed by atoms with E-state index in [1.54, 1.807) is 11.3 Å². The first-order chi connectivity index (χ1) is 9.20. The molecule has 1 fully saturated rings. The number of thiazole rings is 1. The molecule has 2 aromatic heterocycles. The number of hydrogen-bond acceptors (Lipinski definition) is 4. The zero-order valence-corrected chi connectivity index (χ0v) is 12.2. The van der Waals surface area contributed by atoms with E-state index < -0.39 is 0 Å². The van der Waals surface area contributed by atoms with Crippen molar-refractivity contribution in [2.24, 2.45) is 11.8 Å². The monoisotopic (exact) mass is 277 g/mol.